The molecule has 7 heteroatoms. The number of thiophene rings is 1. The Balaban J connectivity index is 2.41. The van der Waals surface area contributed by atoms with E-state index < -0.39 is 5.91 Å². The number of hydrogen-bond acceptors (Lipinski definition) is 6. The van der Waals surface area contributed by atoms with Gasteiger partial charge in [0.15, 0.2) is 0 Å². The van der Waals surface area contributed by atoms with Crippen molar-refractivity contribution in [2.45, 2.75) is 25.9 Å². The largest absolute Gasteiger partial charge is 0.396 e. The van der Waals surface area contributed by atoms with Crippen LogP contribution >= 0.6 is 11.3 Å². The van der Waals surface area contributed by atoms with Crippen molar-refractivity contribution in [2.24, 2.45) is 5.73 Å². The van der Waals surface area contributed by atoms with Gasteiger partial charge in [0.05, 0.1) is 5.69 Å². The smallest absolute Gasteiger partial charge is 0.261 e. The van der Waals surface area contributed by atoms with Crippen LogP contribution in [0.15, 0.2) is 0 Å². The Kier molecular flexibility index (Phi) is 3.88. The highest BCUT2D eigenvalue weighted by molar-refractivity contribution is 7.19. The summed E-state index contributed by atoms with van der Waals surface area (Å²) in [7, 11) is 2.09. The van der Waals surface area contributed by atoms with Gasteiger partial charge in [-0.05, 0) is 20.9 Å². The molecule has 4 N–H and O–H groups in total. The SMILES string of the molecule is CC1CN(c2sc(C(N)=O)c(N)c2C#N)CC(C)N1C. The van der Waals surface area contributed by atoms with Crippen LogP contribution in [0.5, 0.6) is 0 Å². The van der Waals surface area contributed by atoms with Crippen LogP contribution in [0.3, 0.4) is 0 Å². The van der Waals surface area contributed by atoms with Crippen LogP contribution in [0.25, 0.3) is 0 Å². The second kappa shape index (κ2) is 5.31. The number of primary amides is 1. The van der Waals surface area contributed by atoms with Crippen molar-refractivity contribution in [1.82, 2.24) is 4.90 Å². The molecule has 0 aliphatic carbocycles. The zero-order valence-corrected chi connectivity index (χ0v) is 12.7. The highest BCUT2D eigenvalue weighted by atomic mass is 32.1. The molecule has 1 saturated heterocycles. The average molecular weight is 293 g/mol. The highest BCUT2D eigenvalue weighted by Gasteiger charge is 2.30. The normalized spacial score (nSPS) is 23.6. The van der Waals surface area contributed by atoms with Crippen LogP contribution in [0, 0.1) is 11.3 Å². The van der Waals surface area contributed by atoms with Crippen LogP contribution in [-0.2, 0) is 0 Å². The van der Waals surface area contributed by atoms with E-state index in [2.05, 4.69) is 36.8 Å². The zero-order chi connectivity index (χ0) is 15.0. The Morgan fingerprint density at radius 1 is 1.40 bits per heavy atom. The molecule has 2 rings (SSSR count). The lowest BCUT2D eigenvalue weighted by molar-refractivity contribution is 0.100. The number of piperazine rings is 1. The minimum absolute atomic E-state index is 0.208. The Morgan fingerprint density at radius 2 is 1.95 bits per heavy atom. The topological polar surface area (TPSA) is 99.4 Å². The highest BCUT2D eigenvalue weighted by Crippen LogP contribution is 2.38. The van der Waals surface area contributed by atoms with Crippen molar-refractivity contribution in [3.63, 3.8) is 0 Å². The number of nitrogen functional groups attached to an aromatic ring is 1. The van der Waals surface area contributed by atoms with Gasteiger partial charge < -0.3 is 16.4 Å². The first-order valence-corrected chi connectivity index (χ1v) is 7.27. The molecule has 108 valence electrons. The minimum atomic E-state index is -0.578. The van der Waals surface area contributed by atoms with Crippen LogP contribution in [-0.4, -0.2) is 43.0 Å². The average Bonchev–Trinajstić information content (AvgIpc) is 2.72. The predicted molar refractivity (Wildman–Crippen MR) is 80.9 cm³/mol. The molecule has 0 spiro atoms. The number of anilines is 2. The summed E-state index contributed by atoms with van der Waals surface area (Å²) < 4.78 is 0. The number of nitrogens with zero attached hydrogens (tertiary/aromatic N) is 3. The van der Waals surface area contributed by atoms with Gasteiger partial charge in [0.25, 0.3) is 5.91 Å². The first-order valence-electron chi connectivity index (χ1n) is 6.45. The summed E-state index contributed by atoms with van der Waals surface area (Å²) >= 11 is 1.22. The van der Waals surface area contributed by atoms with Crippen molar-refractivity contribution in [2.75, 3.05) is 30.8 Å². The van der Waals surface area contributed by atoms with E-state index in [0.717, 1.165) is 18.1 Å². The van der Waals surface area contributed by atoms with Crippen molar-refractivity contribution in [1.29, 1.82) is 5.26 Å². The Bertz CT molecular complexity index is 564. The summed E-state index contributed by atoms with van der Waals surface area (Å²) in [4.78, 5) is 16.1. The molecule has 1 aromatic rings. The van der Waals surface area contributed by atoms with Gasteiger partial charge in [-0.2, -0.15) is 5.26 Å². The molecule has 1 aromatic heterocycles. The summed E-state index contributed by atoms with van der Waals surface area (Å²) in [6.07, 6.45) is 0. The maximum absolute atomic E-state index is 11.4. The first kappa shape index (κ1) is 14.6. The molecule has 1 amide bonds. The van der Waals surface area contributed by atoms with Gasteiger partial charge in [-0.15, -0.1) is 11.3 Å². The van der Waals surface area contributed by atoms with Crippen LogP contribution in [0.4, 0.5) is 10.7 Å². The van der Waals surface area contributed by atoms with Crippen molar-refractivity contribution in [3.8, 4) is 6.07 Å². The third-order valence-electron chi connectivity index (χ3n) is 3.91. The Morgan fingerprint density at radius 3 is 2.40 bits per heavy atom. The summed E-state index contributed by atoms with van der Waals surface area (Å²) in [5.41, 5.74) is 11.8. The number of carbonyl (C=O) groups excluding carboxylic acids is 1. The van der Waals surface area contributed by atoms with Gasteiger partial charge in [0, 0.05) is 25.2 Å². The molecule has 6 nitrogen and oxygen atoms in total. The fraction of sp³-hybridized carbons (Fsp3) is 0.538. The second-order valence-electron chi connectivity index (χ2n) is 5.27. The van der Waals surface area contributed by atoms with E-state index in [-0.39, 0.29) is 10.6 Å². The van der Waals surface area contributed by atoms with E-state index in [1.807, 2.05) is 0 Å². The molecular weight excluding hydrogens is 274 g/mol. The molecule has 0 radical (unpaired) electrons. The van der Waals surface area contributed by atoms with E-state index in [1.165, 1.54) is 11.3 Å². The van der Waals surface area contributed by atoms with Crippen LogP contribution in [0.1, 0.15) is 29.1 Å². The molecule has 2 unspecified atom stereocenters. The van der Waals surface area contributed by atoms with Gasteiger partial charge in [0.1, 0.15) is 21.5 Å². The van der Waals surface area contributed by atoms with E-state index >= 15 is 0 Å². The molecule has 0 bridgehead atoms. The van der Waals surface area contributed by atoms with Crippen LogP contribution < -0.4 is 16.4 Å². The summed E-state index contributed by atoms with van der Waals surface area (Å²) in [5, 5.41) is 10.1. The number of hydrogen-bond donors (Lipinski definition) is 2. The van der Waals surface area contributed by atoms with E-state index in [4.69, 9.17) is 11.5 Å². The van der Waals surface area contributed by atoms with Gasteiger partial charge in [-0.25, -0.2) is 0 Å². The predicted octanol–water partition coefficient (Wildman–Crippen LogP) is 0.830. The molecule has 1 aliphatic heterocycles. The van der Waals surface area contributed by atoms with Crippen LogP contribution in [0.2, 0.25) is 0 Å². The molecule has 0 aromatic carbocycles. The maximum Gasteiger partial charge on any atom is 0.261 e. The number of amides is 1. The van der Waals surface area contributed by atoms with E-state index in [0.29, 0.717) is 17.6 Å². The fourth-order valence-corrected chi connectivity index (χ4v) is 3.56. The third-order valence-corrected chi connectivity index (χ3v) is 5.19. The molecular formula is C13H19N5OS. The maximum atomic E-state index is 11.4. The van der Waals surface area contributed by atoms with Crippen molar-refractivity contribution < 1.29 is 4.79 Å². The number of nitriles is 1. The number of carbonyl (C=O) groups is 1. The molecule has 20 heavy (non-hydrogen) atoms. The number of nitrogens with two attached hydrogens (primary N) is 2. The molecule has 1 aliphatic rings. The summed E-state index contributed by atoms with van der Waals surface area (Å²) in [6, 6.07) is 2.83. The quantitative estimate of drug-likeness (QED) is 0.841. The first-order chi connectivity index (χ1) is 9.36. The lowest BCUT2D eigenvalue weighted by atomic mass is 10.1. The zero-order valence-electron chi connectivity index (χ0n) is 11.9. The Hall–Kier alpha value is -1.78. The molecule has 2 heterocycles. The molecule has 0 saturated carbocycles. The van der Waals surface area contributed by atoms with Gasteiger partial charge >= 0.3 is 0 Å². The summed E-state index contributed by atoms with van der Waals surface area (Å²) in [6.45, 7) is 5.88. The minimum Gasteiger partial charge on any atom is -0.396 e. The standard InChI is InChI=1S/C13H19N5OS/c1-7-5-18(6-8(2)17(7)3)13-9(4-14)10(15)11(20-13)12(16)19/h7-8H,5-6,15H2,1-3H3,(H2,16,19). The lowest BCUT2D eigenvalue weighted by Crippen LogP contribution is -2.55. The van der Waals surface area contributed by atoms with Gasteiger partial charge in [-0.1, -0.05) is 0 Å². The van der Waals surface area contributed by atoms with Gasteiger partial charge in [0.2, 0.25) is 0 Å². The molecule has 1 fully saturated rings. The Labute approximate surface area is 122 Å². The molecule has 2 atom stereocenters. The van der Waals surface area contributed by atoms with E-state index in [1.54, 1.807) is 0 Å². The monoisotopic (exact) mass is 293 g/mol. The van der Waals surface area contributed by atoms with Crippen molar-refractivity contribution in [3.05, 3.63) is 10.4 Å². The lowest BCUT2D eigenvalue weighted by Gasteiger charge is -2.43. The van der Waals surface area contributed by atoms with E-state index in [9.17, 15) is 10.1 Å². The summed E-state index contributed by atoms with van der Waals surface area (Å²) in [5.74, 6) is -0.578. The number of likely N-dealkylation sites (N-methyl/N-ethyl adjacent to an activating group) is 1. The third kappa shape index (κ3) is 2.32. The van der Waals surface area contributed by atoms with Gasteiger partial charge in [-0.3, -0.25) is 9.69 Å². The fourth-order valence-electron chi connectivity index (χ4n) is 2.52. The van der Waals surface area contributed by atoms with Crippen molar-refractivity contribution >= 4 is 27.9 Å². The second-order valence-corrected chi connectivity index (χ2v) is 6.27. The number of rotatable bonds is 2.